The van der Waals surface area contributed by atoms with Crippen LogP contribution < -0.4 is 5.32 Å². The zero-order chi connectivity index (χ0) is 14.8. The van der Waals surface area contributed by atoms with Crippen molar-refractivity contribution < 1.29 is 0 Å². The van der Waals surface area contributed by atoms with Crippen LogP contribution in [0.4, 0.5) is 0 Å². The van der Waals surface area contributed by atoms with E-state index in [1.54, 1.807) is 7.05 Å². The van der Waals surface area contributed by atoms with Crippen LogP contribution in [0, 0.1) is 6.92 Å². The Morgan fingerprint density at radius 1 is 1.29 bits per heavy atom. The van der Waals surface area contributed by atoms with E-state index in [0.29, 0.717) is 6.42 Å². The predicted molar refractivity (Wildman–Crippen MR) is 80.8 cm³/mol. The van der Waals surface area contributed by atoms with E-state index >= 15 is 0 Å². The topological polar surface area (TPSA) is 68.5 Å². The maximum atomic E-state index is 4.59. The third kappa shape index (κ3) is 2.75. The SMILES string of the molecule is CNC(Cc1nnn(C)n1)c1cc(C)nc2ccccc12. The van der Waals surface area contributed by atoms with E-state index in [0.717, 1.165) is 22.4 Å². The predicted octanol–water partition coefficient (Wildman–Crippen LogP) is 1.57. The molecule has 0 aliphatic rings. The van der Waals surface area contributed by atoms with E-state index in [9.17, 15) is 0 Å². The van der Waals surface area contributed by atoms with Gasteiger partial charge in [0.05, 0.1) is 12.6 Å². The number of likely N-dealkylation sites (N-methyl/N-ethyl adjacent to an activating group) is 1. The van der Waals surface area contributed by atoms with Crippen molar-refractivity contribution in [2.24, 2.45) is 7.05 Å². The van der Waals surface area contributed by atoms with Gasteiger partial charge in [-0.15, -0.1) is 10.2 Å². The Labute approximate surface area is 123 Å². The molecule has 0 spiro atoms. The summed E-state index contributed by atoms with van der Waals surface area (Å²) < 4.78 is 0. The van der Waals surface area contributed by atoms with Crippen molar-refractivity contribution in [1.82, 2.24) is 30.5 Å². The lowest BCUT2D eigenvalue weighted by atomic mass is 9.98. The van der Waals surface area contributed by atoms with E-state index < -0.39 is 0 Å². The van der Waals surface area contributed by atoms with Crippen molar-refractivity contribution in [3.8, 4) is 0 Å². The summed E-state index contributed by atoms with van der Waals surface area (Å²) in [5, 5.41) is 16.7. The molecule has 3 rings (SSSR count). The molecule has 1 atom stereocenters. The largest absolute Gasteiger partial charge is 0.313 e. The molecule has 0 radical (unpaired) electrons. The molecular weight excluding hydrogens is 264 g/mol. The van der Waals surface area contributed by atoms with Crippen molar-refractivity contribution in [3.05, 3.63) is 47.4 Å². The van der Waals surface area contributed by atoms with Crippen molar-refractivity contribution in [2.75, 3.05) is 7.05 Å². The number of hydrogen-bond acceptors (Lipinski definition) is 5. The van der Waals surface area contributed by atoms with E-state index in [1.807, 2.05) is 32.2 Å². The van der Waals surface area contributed by atoms with Gasteiger partial charge in [-0.1, -0.05) is 18.2 Å². The molecule has 6 heteroatoms. The molecular formula is C15H18N6. The zero-order valence-corrected chi connectivity index (χ0v) is 12.4. The minimum absolute atomic E-state index is 0.126. The highest BCUT2D eigenvalue weighted by atomic mass is 15.6. The summed E-state index contributed by atoms with van der Waals surface area (Å²) in [4.78, 5) is 6.07. The number of rotatable bonds is 4. The maximum Gasteiger partial charge on any atom is 0.176 e. The Hall–Kier alpha value is -2.34. The molecule has 0 aliphatic carbocycles. The van der Waals surface area contributed by atoms with Gasteiger partial charge in [0.2, 0.25) is 0 Å². The van der Waals surface area contributed by atoms with Crippen LogP contribution in [0.25, 0.3) is 10.9 Å². The fourth-order valence-electron chi connectivity index (χ4n) is 2.58. The second-order valence-corrected chi connectivity index (χ2v) is 5.11. The van der Waals surface area contributed by atoms with Gasteiger partial charge in [0, 0.05) is 23.5 Å². The van der Waals surface area contributed by atoms with Crippen LogP contribution >= 0.6 is 0 Å². The highest BCUT2D eigenvalue weighted by molar-refractivity contribution is 5.82. The van der Waals surface area contributed by atoms with Crippen LogP contribution in [0.3, 0.4) is 0 Å². The summed E-state index contributed by atoms with van der Waals surface area (Å²) in [6.45, 7) is 2.02. The normalized spacial score (nSPS) is 12.7. The summed E-state index contributed by atoms with van der Waals surface area (Å²) in [7, 11) is 3.72. The minimum atomic E-state index is 0.126. The molecule has 0 bridgehead atoms. The smallest absolute Gasteiger partial charge is 0.176 e. The fourth-order valence-corrected chi connectivity index (χ4v) is 2.58. The van der Waals surface area contributed by atoms with Crippen LogP contribution in [0.5, 0.6) is 0 Å². The highest BCUT2D eigenvalue weighted by Gasteiger charge is 2.17. The van der Waals surface area contributed by atoms with E-state index in [-0.39, 0.29) is 6.04 Å². The molecule has 108 valence electrons. The molecule has 0 aliphatic heterocycles. The van der Waals surface area contributed by atoms with Crippen molar-refractivity contribution >= 4 is 10.9 Å². The molecule has 21 heavy (non-hydrogen) atoms. The third-order valence-corrected chi connectivity index (χ3v) is 3.54. The lowest BCUT2D eigenvalue weighted by molar-refractivity contribution is 0.573. The molecule has 3 aromatic rings. The van der Waals surface area contributed by atoms with Crippen molar-refractivity contribution in [3.63, 3.8) is 0 Å². The molecule has 1 aromatic carbocycles. The summed E-state index contributed by atoms with van der Waals surface area (Å²) in [5.74, 6) is 0.732. The Morgan fingerprint density at radius 2 is 2.10 bits per heavy atom. The monoisotopic (exact) mass is 282 g/mol. The number of benzene rings is 1. The summed E-state index contributed by atoms with van der Waals surface area (Å²) in [5.41, 5.74) is 3.24. The molecule has 0 fully saturated rings. The first kappa shape index (κ1) is 13.6. The van der Waals surface area contributed by atoms with Crippen LogP contribution in [-0.2, 0) is 13.5 Å². The molecule has 6 nitrogen and oxygen atoms in total. The summed E-state index contributed by atoms with van der Waals surface area (Å²) in [6.07, 6.45) is 0.692. The lowest BCUT2D eigenvalue weighted by Crippen LogP contribution is -2.20. The number of para-hydroxylation sites is 1. The molecule has 1 N–H and O–H groups in total. The Bertz CT molecular complexity index is 764. The van der Waals surface area contributed by atoms with Crippen LogP contribution in [0.2, 0.25) is 0 Å². The Balaban J connectivity index is 2.04. The third-order valence-electron chi connectivity index (χ3n) is 3.54. The quantitative estimate of drug-likeness (QED) is 0.786. The Morgan fingerprint density at radius 3 is 2.81 bits per heavy atom. The van der Waals surface area contributed by atoms with E-state index in [1.165, 1.54) is 10.4 Å². The van der Waals surface area contributed by atoms with Gasteiger partial charge < -0.3 is 5.32 Å². The molecule has 0 amide bonds. The fraction of sp³-hybridized carbons (Fsp3) is 0.333. The molecule has 0 saturated heterocycles. The average Bonchev–Trinajstić information content (AvgIpc) is 2.89. The summed E-state index contributed by atoms with van der Waals surface area (Å²) >= 11 is 0. The van der Waals surface area contributed by atoms with Crippen LogP contribution in [0.1, 0.15) is 23.1 Å². The second-order valence-electron chi connectivity index (χ2n) is 5.11. The number of hydrogen-bond donors (Lipinski definition) is 1. The number of aryl methyl sites for hydroxylation is 2. The zero-order valence-electron chi connectivity index (χ0n) is 12.4. The molecule has 2 heterocycles. The highest BCUT2D eigenvalue weighted by Crippen LogP contribution is 2.25. The average molecular weight is 282 g/mol. The van der Waals surface area contributed by atoms with Gasteiger partial charge in [-0.3, -0.25) is 4.98 Å². The maximum absolute atomic E-state index is 4.59. The van der Waals surface area contributed by atoms with Crippen LogP contribution in [0.15, 0.2) is 30.3 Å². The number of fused-ring (bicyclic) bond motifs is 1. The van der Waals surface area contributed by atoms with Crippen molar-refractivity contribution in [2.45, 2.75) is 19.4 Å². The van der Waals surface area contributed by atoms with Gasteiger partial charge in [-0.2, -0.15) is 4.80 Å². The number of aromatic nitrogens is 5. The van der Waals surface area contributed by atoms with Gasteiger partial charge in [0.15, 0.2) is 5.82 Å². The van der Waals surface area contributed by atoms with Gasteiger partial charge in [0.1, 0.15) is 0 Å². The number of nitrogens with zero attached hydrogens (tertiary/aromatic N) is 5. The number of nitrogens with one attached hydrogen (secondary N) is 1. The second kappa shape index (κ2) is 5.57. The first-order valence-electron chi connectivity index (χ1n) is 6.94. The number of pyridine rings is 1. The standard InChI is InChI=1S/C15H18N6/c1-10-8-12(11-6-4-5-7-13(11)17-10)14(16-2)9-15-18-20-21(3)19-15/h4-8,14,16H,9H2,1-3H3. The Kier molecular flexibility index (Phi) is 3.62. The molecule has 2 aromatic heterocycles. The van der Waals surface area contributed by atoms with Gasteiger partial charge in [-0.05, 0) is 36.9 Å². The first-order chi connectivity index (χ1) is 10.2. The summed E-state index contributed by atoms with van der Waals surface area (Å²) in [6, 6.07) is 10.4. The molecule has 1 unspecified atom stereocenters. The first-order valence-corrected chi connectivity index (χ1v) is 6.94. The molecule has 0 saturated carbocycles. The van der Waals surface area contributed by atoms with Crippen LogP contribution in [-0.4, -0.2) is 32.2 Å². The van der Waals surface area contributed by atoms with Gasteiger partial charge in [-0.25, -0.2) is 0 Å². The van der Waals surface area contributed by atoms with E-state index in [4.69, 9.17) is 0 Å². The lowest BCUT2D eigenvalue weighted by Gasteiger charge is -2.17. The van der Waals surface area contributed by atoms with Gasteiger partial charge in [0.25, 0.3) is 0 Å². The number of tetrazole rings is 1. The van der Waals surface area contributed by atoms with Crippen molar-refractivity contribution in [1.29, 1.82) is 0 Å². The minimum Gasteiger partial charge on any atom is -0.313 e. The van der Waals surface area contributed by atoms with E-state index in [2.05, 4.69) is 37.8 Å². The van der Waals surface area contributed by atoms with Gasteiger partial charge >= 0.3 is 0 Å².